The van der Waals surface area contributed by atoms with E-state index in [4.69, 9.17) is 5.73 Å². The molecule has 0 unspecified atom stereocenters. The van der Waals surface area contributed by atoms with Crippen molar-refractivity contribution in [2.45, 2.75) is 38.6 Å². The molecule has 0 bridgehead atoms. The van der Waals surface area contributed by atoms with Crippen molar-refractivity contribution < 1.29 is 4.92 Å². The second-order valence-electron chi connectivity index (χ2n) is 4.53. The molecule has 1 aromatic heterocycles. The molecular weight excluding hydrogens is 208 g/mol. The van der Waals surface area contributed by atoms with Crippen LogP contribution >= 0.6 is 0 Å². The van der Waals surface area contributed by atoms with Crippen LogP contribution in [0.15, 0.2) is 6.20 Å². The molecule has 0 aromatic carbocycles. The average molecular weight is 224 g/mol. The van der Waals surface area contributed by atoms with Gasteiger partial charge in [-0.25, -0.2) is 4.68 Å². The molecule has 0 amide bonds. The summed E-state index contributed by atoms with van der Waals surface area (Å²) in [7, 11) is 0. The summed E-state index contributed by atoms with van der Waals surface area (Å²) in [6, 6.07) is 0.227. The predicted molar refractivity (Wildman–Crippen MR) is 60.0 cm³/mol. The standard InChI is InChI=1S/C10H16N4O2/c1-7-2-4-8(5-3-7)13-10(11)9(6-12-13)14(15)16/h6-8H,2-5,11H2,1H3. The molecule has 0 aliphatic heterocycles. The third kappa shape index (κ3) is 1.87. The number of anilines is 1. The van der Waals surface area contributed by atoms with Crippen molar-refractivity contribution in [1.29, 1.82) is 0 Å². The molecule has 2 N–H and O–H groups in total. The van der Waals surface area contributed by atoms with E-state index in [1.54, 1.807) is 4.68 Å². The first-order valence-corrected chi connectivity index (χ1v) is 5.57. The van der Waals surface area contributed by atoms with E-state index in [0.29, 0.717) is 0 Å². The third-order valence-electron chi connectivity index (χ3n) is 3.34. The van der Waals surface area contributed by atoms with Crippen molar-refractivity contribution in [3.63, 3.8) is 0 Å². The molecule has 6 nitrogen and oxygen atoms in total. The number of rotatable bonds is 2. The van der Waals surface area contributed by atoms with Crippen molar-refractivity contribution in [3.8, 4) is 0 Å². The summed E-state index contributed by atoms with van der Waals surface area (Å²) in [6.07, 6.45) is 5.53. The van der Waals surface area contributed by atoms with Crippen LogP contribution in [-0.2, 0) is 0 Å². The fourth-order valence-corrected chi connectivity index (χ4v) is 2.28. The molecular formula is C10H16N4O2. The molecule has 0 radical (unpaired) electrons. The lowest BCUT2D eigenvalue weighted by atomic mass is 9.87. The minimum absolute atomic E-state index is 0.0846. The minimum Gasteiger partial charge on any atom is -0.378 e. The molecule has 16 heavy (non-hydrogen) atoms. The average Bonchev–Trinajstić information content (AvgIpc) is 2.61. The van der Waals surface area contributed by atoms with Crippen LogP contribution in [0.3, 0.4) is 0 Å². The number of aromatic nitrogens is 2. The highest BCUT2D eigenvalue weighted by Crippen LogP contribution is 2.34. The van der Waals surface area contributed by atoms with Crippen LogP contribution in [0.25, 0.3) is 0 Å². The van der Waals surface area contributed by atoms with Gasteiger partial charge in [0.1, 0.15) is 6.20 Å². The molecule has 1 saturated carbocycles. The van der Waals surface area contributed by atoms with Crippen molar-refractivity contribution in [2.75, 3.05) is 5.73 Å². The van der Waals surface area contributed by atoms with Gasteiger partial charge in [-0.1, -0.05) is 6.92 Å². The number of hydrogen-bond donors (Lipinski definition) is 1. The van der Waals surface area contributed by atoms with Gasteiger partial charge in [0.05, 0.1) is 11.0 Å². The quantitative estimate of drug-likeness (QED) is 0.615. The Morgan fingerprint density at radius 1 is 1.50 bits per heavy atom. The Labute approximate surface area is 93.6 Å². The zero-order valence-electron chi connectivity index (χ0n) is 9.30. The monoisotopic (exact) mass is 224 g/mol. The van der Waals surface area contributed by atoms with Gasteiger partial charge in [0.25, 0.3) is 0 Å². The largest absolute Gasteiger partial charge is 0.378 e. The molecule has 0 spiro atoms. The number of nitro groups is 1. The molecule has 1 fully saturated rings. The van der Waals surface area contributed by atoms with Crippen molar-refractivity contribution in [1.82, 2.24) is 9.78 Å². The maximum Gasteiger partial charge on any atom is 0.330 e. The molecule has 0 atom stereocenters. The predicted octanol–water partition coefficient (Wildman–Crippen LogP) is 2.12. The lowest BCUT2D eigenvalue weighted by molar-refractivity contribution is -0.384. The van der Waals surface area contributed by atoms with Crippen LogP contribution in [0.5, 0.6) is 0 Å². The lowest BCUT2D eigenvalue weighted by Gasteiger charge is -2.26. The molecule has 0 saturated heterocycles. The van der Waals surface area contributed by atoms with Gasteiger partial charge in [0.15, 0.2) is 0 Å². The maximum absolute atomic E-state index is 10.6. The minimum atomic E-state index is -0.482. The Balaban J connectivity index is 2.18. The molecule has 2 rings (SSSR count). The number of nitrogens with two attached hydrogens (primary N) is 1. The topological polar surface area (TPSA) is 87.0 Å². The summed E-state index contributed by atoms with van der Waals surface area (Å²) in [5.41, 5.74) is 5.64. The Morgan fingerprint density at radius 3 is 2.62 bits per heavy atom. The van der Waals surface area contributed by atoms with Crippen LogP contribution in [0.1, 0.15) is 38.6 Å². The van der Waals surface area contributed by atoms with Crippen LogP contribution in [0.2, 0.25) is 0 Å². The van der Waals surface area contributed by atoms with Gasteiger partial charge in [-0.2, -0.15) is 5.10 Å². The van der Waals surface area contributed by atoms with Crippen molar-refractivity contribution in [2.24, 2.45) is 5.92 Å². The van der Waals surface area contributed by atoms with Crippen LogP contribution < -0.4 is 5.73 Å². The van der Waals surface area contributed by atoms with E-state index >= 15 is 0 Å². The van der Waals surface area contributed by atoms with Gasteiger partial charge in [-0.3, -0.25) is 10.1 Å². The lowest BCUT2D eigenvalue weighted by Crippen LogP contribution is -2.19. The molecule has 88 valence electrons. The molecule has 1 aliphatic carbocycles. The van der Waals surface area contributed by atoms with Crippen molar-refractivity contribution >= 4 is 11.5 Å². The van der Waals surface area contributed by atoms with Gasteiger partial charge in [0, 0.05) is 0 Å². The SMILES string of the molecule is CC1CCC(n2ncc([N+](=O)[O-])c2N)CC1. The Kier molecular flexibility index (Phi) is 2.80. The van der Waals surface area contributed by atoms with E-state index in [9.17, 15) is 10.1 Å². The summed E-state index contributed by atoms with van der Waals surface area (Å²) in [4.78, 5) is 10.2. The molecule has 1 aromatic rings. The van der Waals surface area contributed by atoms with E-state index in [0.717, 1.165) is 31.6 Å². The van der Waals surface area contributed by atoms with Gasteiger partial charge >= 0.3 is 5.69 Å². The van der Waals surface area contributed by atoms with Crippen LogP contribution in [0, 0.1) is 16.0 Å². The fraction of sp³-hybridized carbons (Fsp3) is 0.700. The van der Waals surface area contributed by atoms with Gasteiger partial charge in [-0.05, 0) is 31.6 Å². The molecule has 6 heteroatoms. The van der Waals surface area contributed by atoms with Crippen molar-refractivity contribution in [3.05, 3.63) is 16.3 Å². The van der Waals surface area contributed by atoms with E-state index < -0.39 is 4.92 Å². The first-order chi connectivity index (χ1) is 7.59. The second-order valence-corrected chi connectivity index (χ2v) is 4.53. The molecule has 1 heterocycles. The Hall–Kier alpha value is -1.59. The van der Waals surface area contributed by atoms with Gasteiger partial charge < -0.3 is 5.73 Å². The van der Waals surface area contributed by atoms with Crippen LogP contribution in [0.4, 0.5) is 11.5 Å². The van der Waals surface area contributed by atoms with E-state index in [2.05, 4.69) is 12.0 Å². The summed E-state index contributed by atoms with van der Waals surface area (Å²) < 4.78 is 1.62. The Morgan fingerprint density at radius 2 is 2.12 bits per heavy atom. The summed E-state index contributed by atoms with van der Waals surface area (Å²) in [5, 5.41) is 14.7. The van der Waals surface area contributed by atoms with E-state index in [-0.39, 0.29) is 17.5 Å². The Bertz CT molecular complexity index is 394. The highest BCUT2D eigenvalue weighted by Gasteiger charge is 2.25. The summed E-state index contributed by atoms with van der Waals surface area (Å²) in [6.45, 7) is 2.23. The molecule has 1 aliphatic rings. The smallest absolute Gasteiger partial charge is 0.330 e. The maximum atomic E-state index is 10.6. The fourth-order valence-electron chi connectivity index (χ4n) is 2.28. The highest BCUT2D eigenvalue weighted by molar-refractivity contribution is 5.51. The normalized spacial score (nSPS) is 25.6. The first-order valence-electron chi connectivity index (χ1n) is 5.57. The number of nitrogens with zero attached hydrogens (tertiary/aromatic N) is 3. The van der Waals surface area contributed by atoms with Gasteiger partial charge in [0.2, 0.25) is 5.82 Å². The van der Waals surface area contributed by atoms with E-state index in [1.165, 1.54) is 6.20 Å². The second kappa shape index (κ2) is 4.11. The zero-order chi connectivity index (χ0) is 11.7. The highest BCUT2D eigenvalue weighted by atomic mass is 16.6. The third-order valence-corrected chi connectivity index (χ3v) is 3.34. The zero-order valence-corrected chi connectivity index (χ0v) is 9.30. The van der Waals surface area contributed by atoms with Crippen LogP contribution in [-0.4, -0.2) is 14.7 Å². The van der Waals surface area contributed by atoms with Gasteiger partial charge in [-0.15, -0.1) is 0 Å². The summed E-state index contributed by atoms with van der Waals surface area (Å²) in [5.74, 6) is 0.924. The number of nitrogen functional groups attached to an aromatic ring is 1. The first kappa shape index (κ1) is 10.9. The van der Waals surface area contributed by atoms with E-state index in [1.807, 2.05) is 0 Å². The summed E-state index contributed by atoms with van der Waals surface area (Å²) >= 11 is 0. The number of hydrogen-bond acceptors (Lipinski definition) is 4.